The first-order chi connectivity index (χ1) is 16.7. The molecule has 0 saturated heterocycles. The number of aromatic nitrogens is 2. The summed E-state index contributed by atoms with van der Waals surface area (Å²) in [4.78, 5) is 21.4. The minimum Gasteiger partial charge on any atom is -0.399 e. The van der Waals surface area contributed by atoms with E-state index in [4.69, 9.17) is 11.5 Å². The number of carbonyl (C=O) groups excluding carboxylic acids is 2. The quantitative estimate of drug-likeness (QED) is 0.302. The lowest BCUT2D eigenvalue weighted by Crippen LogP contribution is -2.35. The van der Waals surface area contributed by atoms with E-state index in [-0.39, 0.29) is 11.3 Å². The number of sulfonamides is 1. The van der Waals surface area contributed by atoms with E-state index in [9.17, 15) is 18.0 Å². The molecule has 1 aromatic heterocycles. The molecule has 3 aromatic carbocycles. The van der Waals surface area contributed by atoms with Crippen molar-refractivity contribution in [3.8, 4) is 5.69 Å². The SMILES string of the molecule is NC(=O)NC(=O)Cc1ccccc1.Nc1ccc(S(=O)(=O)Nc2ccnn2-c2ccccc2)cc1. The van der Waals surface area contributed by atoms with Gasteiger partial charge in [-0.15, -0.1) is 0 Å². The molecule has 0 aliphatic rings. The predicted molar refractivity (Wildman–Crippen MR) is 133 cm³/mol. The zero-order valence-corrected chi connectivity index (χ0v) is 19.4. The number of hydrogen-bond donors (Lipinski definition) is 4. The molecule has 6 N–H and O–H groups in total. The topological polar surface area (TPSA) is 162 Å². The lowest BCUT2D eigenvalue weighted by molar-refractivity contribution is -0.119. The maximum absolute atomic E-state index is 12.4. The molecule has 10 nitrogen and oxygen atoms in total. The number of imide groups is 1. The summed E-state index contributed by atoms with van der Waals surface area (Å²) >= 11 is 0. The number of amides is 3. The van der Waals surface area contributed by atoms with Gasteiger partial charge in [0.2, 0.25) is 5.91 Å². The summed E-state index contributed by atoms with van der Waals surface area (Å²) in [7, 11) is -3.70. The summed E-state index contributed by atoms with van der Waals surface area (Å²) < 4.78 is 28.9. The van der Waals surface area contributed by atoms with Crippen molar-refractivity contribution < 1.29 is 18.0 Å². The van der Waals surface area contributed by atoms with Crippen LogP contribution in [0.4, 0.5) is 16.3 Å². The van der Waals surface area contributed by atoms with Gasteiger partial charge in [-0.25, -0.2) is 17.9 Å². The number of hydrogen-bond acceptors (Lipinski definition) is 6. The van der Waals surface area contributed by atoms with Crippen molar-refractivity contribution in [2.45, 2.75) is 11.3 Å². The van der Waals surface area contributed by atoms with E-state index in [1.165, 1.54) is 23.0 Å². The molecule has 0 bridgehead atoms. The third-order valence-corrected chi connectivity index (χ3v) is 5.91. The molecule has 0 spiro atoms. The standard InChI is InChI=1S/C15H14N4O2S.C9H10N2O2/c16-12-6-8-14(9-7-12)22(20,21)18-15-10-11-17-19(15)13-4-2-1-3-5-13;10-9(13)11-8(12)6-7-4-2-1-3-5-7/h1-11,18H,16H2;1-5H,6H2,(H3,10,11,12,13). The number of para-hydroxylation sites is 1. The highest BCUT2D eigenvalue weighted by Crippen LogP contribution is 2.19. The average molecular weight is 493 g/mol. The van der Waals surface area contributed by atoms with Crippen LogP contribution < -0.4 is 21.5 Å². The lowest BCUT2D eigenvalue weighted by Gasteiger charge is -2.10. The molecular weight excluding hydrogens is 468 g/mol. The molecule has 4 aromatic rings. The molecule has 180 valence electrons. The zero-order valence-electron chi connectivity index (χ0n) is 18.5. The van der Waals surface area contributed by atoms with Gasteiger partial charge in [0, 0.05) is 11.8 Å². The summed E-state index contributed by atoms with van der Waals surface area (Å²) in [5.41, 5.74) is 12.5. The van der Waals surface area contributed by atoms with Gasteiger partial charge in [-0.1, -0.05) is 48.5 Å². The summed E-state index contributed by atoms with van der Waals surface area (Å²) in [6, 6.07) is 25.2. The minimum absolute atomic E-state index is 0.141. The van der Waals surface area contributed by atoms with Gasteiger partial charge in [0.05, 0.1) is 23.2 Å². The molecule has 0 unspecified atom stereocenters. The first-order valence-corrected chi connectivity index (χ1v) is 11.8. The van der Waals surface area contributed by atoms with Crippen LogP contribution in [0.5, 0.6) is 0 Å². The Labute approximate surface area is 202 Å². The number of urea groups is 1. The van der Waals surface area contributed by atoms with E-state index in [2.05, 4.69) is 9.82 Å². The molecule has 1 heterocycles. The third kappa shape index (κ3) is 7.44. The summed E-state index contributed by atoms with van der Waals surface area (Å²) in [6.45, 7) is 0. The fourth-order valence-electron chi connectivity index (χ4n) is 2.96. The Morgan fingerprint density at radius 3 is 2.06 bits per heavy atom. The first kappa shape index (κ1) is 25.0. The van der Waals surface area contributed by atoms with E-state index in [1.807, 2.05) is 53.8 Å². The van der Waals surface area contributed by atoms with E-state index in [1.54, 1.807) is 30.3 Å². The van der Waals surface area contributed by atoms with Crippen molar-refractivity contribution in [1.82, 2.24) is 15.1 Å². The van der Waals surface area contributed by atoms with Crippen LogP contribution in [0.1, 0.15) is 5.56 Å². The number of benzene rings is 3. The van der Waals surface area contributed by atoms with Crippen LogP contribution >= 0.6 is 0 Å². The Bertz CT molecular complexity index is 1370. The Morgan fingerprint density at radius 1 is 0.857 bits per heavy atom. The van der Waals surface area contributed by atoms with Gasteiger partial charge in [-0.2, -0.15) is 5.10 Å². The van der Waals surface area contributed by atoms with Crippen molar-refractivity contribution in [3.63, 3.8) is 0 Å². The van der Waals surface area contributed by atoms with Gasteiger partial charge in [0.15, 0.2) is 0 Å². The largest absolute Gasteiger partial charge is 0.399 e. The smallest absolute Gasteiger partial charge is 0.318 e. The lowest BCUT2D eigenvalue weighted by atomic mass is 10.1. The molecule has 0 fully saturated rings. The summed E-state index contributed by atoms with van der Waals surface area (Å²) in [5.74, 6) is -0.0262. The van der Waals surface area contributed by atoms with Crippen molar-refractivity contribution in [2.75, 3.05) is 10.5 Å². The number of nitrogen functional groups attached to an aromatic ring is 1. The van der Waals surface area contributed by atoms with Crippen LogP contribution in [-0.4, -0.2) is 30.1 Å². The third-order valence-electron chi connectivity index (χ3n) is 4.54. The number of nitrogens with one attached hydrogen (secondary N) is 2. The number of rotatable bonds is 6. The molecule has 11 heteroatoms. The second-order valence-corrected chi connectivity index (χ2v) is 8.90. The summed E-state index contributed by atoms with van der Waals surface area (Å²) in [6.07, 6.45) is 1.71. The van der Waals surface area contributed by atoms with E-state index < -0.39 is 22.0 Å². The highest BCUT2D eigenvalue weighted by atomic mass is 32.2. The highest BCUT2D eigenvalue weighted by molar-refractivity contribution is 7.92. The number of nitrogens with two attached hydrogens (primary N) is 2. The van der Waals surface area contributed by atoms with Crippen LogP contribution in [0.25, 0.3) is 5.69 Å². The fourth-order valence-corrected chi connectivity index (χ4v) is 4.00. The molecule has 0 atom stereocenters. The van der Waals surface area contributed by atoms with Crippen molar-refractivity contribution in [2.24, 2.45) is 5.73 Å². The number of primary amides is 1. The van der Waals surface area contributed by atoms with Crippen LogP contribution in [0, 0.1) is 0 Å². The highest BCUT2D eigenvalue weighted by Gasteiger charge is 2.16. The molecule has 0 radical (unpaired) electrons. The molecule has 35 heavy (non-hydrogen) atoms. The van der Waals surface area contributed by atoms with Crippen LogP contribution in [0.2, 0.25) is 0 Å². The molecular formula is C24H24N6O4S. The summed E-state index contributed by atoms with van der Waals surface area (Å²) in [5, 5.41) is 6.14. The predicted octanol–water partition coefficient (Wildman–Crippen LogP) is 2.68. The minimum atomic E-state index is -3.70. The Balaban J connectivity index is 0.000000225. The van der Waals surface area contributed by atoms with Crippen molar-refractivity contribution >= 4 is 33.5 Å². The zero-order chi connectivity index (χ0) is 25.3. The monoisotopic (exact) mass is 492 g/mol. The van der Waals surface area contributed by atoms with Gasteiger partial charge in [0.1, 0.15) is 5.82 Å². The maximum Gasteiger partial charge on any atom is 0.318 e. The molecule has 3 amide bonds. The van der Waals surface area contributed by atoms with Gasteiger partial charge in [-0.05, 0) is 42.0 Å². The van der Waals surface area contributed by atoms with Gasteiger partial charge in [-0.3, -0.25) is 14.8 Å². The molecule has 0 aliphatic carbocycles. The number of nitrogens with zero attached hydrogens (tertiary/aromatic N) is 2. The van der Waals surface area contributed by atoms with E-state index >= 15 is 0 Å². The average Bonchev–Trinajstić information content (AvgIpc) is 3.28. The van der Waals surface area contributed by atoms with Gasteiger partial charge >= 0.3 is 6.03 Å². The van der Waals surface area contributed by atoms with Crippen LogP contribution in [0.3, 0.4) is 0 Å². The Hall–Kier alpha value is -4.64. The number of carbonyl (C=O) groups is 2. The Morgan fingerprint density at radius 2 is 1.46 bits per heavy atom. The second kappa shape index (κ2) is 11.5. The van der Waals surface area contributed by atoms with E-state index in [0.29, 0.717) is 11.5 Å². The maximum atomic E-state index is 12.4. The molecule has 4 rings (SSSR count). The van der Waals surface area contributed by atoms with Crippen molar-refractivity contribution in [3.05, 3.63) is 103 Å². The fraction of sp³-hybridized carbons (Fsp3) is 0.0417. The first-order valence-electron chi connectivity index (χ1n) is 10.4. The second-order valence-electron chi connectivity index (χ2n) is 7.21. The van der Waals surface area contributed by atoms with Crippen LogP contribution in [-0.2, 0) is 21.2 Å². The normalized spacial score (nSPS) is 10.5. The Kier molecular flexibility index (Phi) is 8.20. The van der Waals surface area contributed by atoms with Gasteiger partial charge in [0.25, 0.3) is 10.0 Å². The number of anilines is 2. The molecule has 0 saturated carbocycles. The van der Waals surface area contributed by atoms with Crippen LogP contribution in [0.15, 0.2) is 102 Å². The molecule has 0 aliphatic heterocycles. The van der Waals surface area contributed by atoms with Crippen molar-refractivity contribution in [1.29, 1.82) is 0 Å². The van der Waals surface area contributed by atoms with Gasteiger partial charge < -0.3 is 11.5 Å². The van der Waals surface area contributed by atoms with E-state index in [0.717, 1.165) is 11.3 Å².